The molecule has 5 nitrogen and oxygen atoms in total. The molecule has 2 aromatic carbocycles. The summed E-state index contributed by atoms with van der Waals surface area (Å²) in [5, 5.41) is 5.78. The number of hydrogen-bond donors (Lipinski definition) is 2. The maximum atomic E-state index is 12.0. The van der Waals surface area contributed by atoms with Crippen molar-refractivity contribution in [1.82, 2.24) is 5.32 Å². The minimum atomic E-state index is -0.534. The first-order valence-corrected chi connectivity index (χ1v) is 12.5. The minimum Gasteiger partial charge on any atom is -0.449 e. The van der Waals surface area contributed by atoms with Crippen LogP contribution in [-0.2, 0) is 4.74 Å². The van der Waals surface area contributed by atoms with Crippen LogP contribution in [0.2, 0.25) is 0 Å². The summed E-state index contributed by atoms with van der Waals surface area (Å²) in [7, 11) is 0. The Kier molecular flexibility index (Phi) is 13.5. The Hall–Kier alpha value is -2.73. The Balaban J connectivity index is 1.62. The topological polar surface area (TPSA) is 62.7 Å². The molecular weight excluding hydrogens is 430 g/mol. The van der Waals surface area contributed by atoms with Gasteiger partial charge in [-0.2, -0.15) is 0 Å². The molecule has 0 unspecified atom stereocenters. The van der Waals surface area contributed by atoms with Crippen molar-refractivity contribution in [2.75, 3.05) is 11.9 Å². The summed E-state index contributed by atoms with van der Waals surface area (Å²) in [6.45, 7) is 2.65. The highest BCUT2D eigenvalue weighted by Crippen LogP contribution is 2.24. The zero-order valence-electron chi connectivity index (χ0n) is 19.7. The number of thiocarbonyl (C=S) groups is 1. The van der Waals surface area contributed by atoms with Gasteiger partial charge in [-0.3, -0.25) is 10.3 Å². The standard InChI is InChI=1S/C27H37N3O2S/c1-2-3-4-5-6-7-8-9-10-16-21-32-27(31)30-26(33)29-25-20-15-14-19-24(25)28-22-23-17-12-11-13-18-23/h11-15,17-20,22H,2-10,16,21H2,1H3,(H2,29,30,31,33). The molecule has 33 heavy (non-hydrogen) atoms. The number of rotatable bonds is 14. The Morgan fingerprint density at radius 1 is 0.879 bits per heavy atom. The highest BCUT2D eigenvalue weighted by atomic mass is 32.1. The van der Waals surface area contributed by atoms with E-state index >= 15 is 0 Å². The van der Waals surface area contributed by atoms with Crippen LogP contribution in [0.5, 0.6) is 0 Å². The molecule has 0 saturated carbocycles. The van der Waals surface area contributed by atoms with Crippen molar-refractivity contribution in [3.63, 3.8) is 0 Å². The van der Waals surface area contributed by atoms with E-state index in [4.69, 9.17) is 17.0 Å². The molecule has 0 bridgehead atoms. The summed E-state index contributed by atoms with van der Waals surface area (Å²) in [5.41, 5.74) is 2.44. The fourth-order valence-corrected chi connectivity index (χ4v) is 3.61. The van der Waals surface area contributed by atoms with Crippen molar-refractivity contribution in [2.45, 2.75) is 71.1 Å². The lowest BCUT2D eigenvalue weighted by Crippen LogP contribution is -2.34. The van der Waals surface area contributed by atoms with Gasteiger partial charge in [-0.15, -0.1) is 0 Å². The van der Waals surface area contributed by atoms with E-state index in [2.05, 4.69) is 22.5 Å². The van der Waals surface area contributed by atoms with Crippen LogP contribution in [0.3, 0.4) is 0 Å². The third-order valence-electron chi connectivity index (χ3n) is 5.25. The van der Waals surface area contributed by atoms with Crippen LogP contribution >= 0.6 is 12.2 Å². The molecule has 0 heterocycles. The second kappa shape index (κ2) is 16.8. The Morgan fingerprint density at radius 3 is 2.18 bits per heavy atom. The molecular formula is C27H37N3O2S. The van der Waals surface area contributed by atoms with Gasteiger partial charge in [0.1, 0.15) is 0 Å². The summed E-state index contributed by atoms with van der Waals surface area (Å²) < 4.78 is 5.25. The van der Waals surface area contributed by atoms with E-state index in [-0.39, 0.29) is 5.11 Å². The smallest absolute Gasteiger partial charge is 0.413 e. The first-order valence-electron chi connectivity index (χ1n) is 12.1. The van der Waals surface area contributed by atoms with E-state index in [0.29, 0.717) is 12.3 Å². The van der Waals surface area contributed by atoms with Gasteiger partial charge in [-0.1, -0.05) is 107 Å². The summed E-state index contributed by atoms with van der Waals surface area (Å²) in [4.78, 5) is 16.5. The van der Waals surface area contributed by atoms with Gasteiger partial charge in [0.2, 0.25) is 0 Å². The predicted molar refractivity (Wildman–Crippen MR) is 143 cm³/mol. The van der Waals surface area contributed by atoms with Gasteiger partial charge in [0.15, 0.2) is 5.11 Å². The van der Waals surface area contributed by atoms with E-state index in [1.165, 1.54) is 51.4 Å². The molecule has 6 heteroatoms. The molecule has 0 saturated heterocycles. The number of para-hydroxylation sites is 2. The SMILES string of the molecule is CCCCCCCCCCCCOC(=O)NC(=S)Nc1ccccc1N=Cc1ccccc1. The molecule has 2 rings (SSSR count). The fourth-order valence-electron chi connectivity index (χ4n) is 3.41. The van der Waals surface area contributed by atoms with E-state index in [1.807, 2.05) is 54.6 Å². The van der Waals surface area contributed by atoms with Gasteiger partial charge in [-0.25, -0.2) is 4.79 Å². The molecule has 2 N–H and O–H groups in total. The van der Waals surface area contributed by atoms with Gasteiger partial charge in [0, 0.05) is 6.21 Å². The monoisotopic (exact) mass is 467 g/mol. The van der Waals surface area contributed by atoms with Gasteiger partial charge in [0.05, 0.1) is 18.0 Å². The number of hydrogen-bond acceptors (Lipinski definition) is 4. The molecule has 2 aromatic rings. The highest BCUT2D eigenvalue weighted by Gasteiger charge is 2.08. The molecule has 0 atom stereocenters. The van der Waals surface area contributed by atoms with Crippen LogP contribution < -0.4 is 10.6 Å². The number of amides is 1. The van der Waals surface area contributed by atoms with Crippen LogP contribution in [0.4, 0.5) is 16.2 Å². The molecule has 0 spiro atoms. The van der Waals surface area contributed by atoms with Crippen molar-refractivity contribution < 1.29 is 9.53 Å². The number of nitrogens with zero attached hydrogens (tertiary/aromatic N) is 1. The second-order valence-electron chi connectivity index (χ2n) is 8.08. The molecule has 0 fully saturated rings. The average Bonchev–Trinajstić information content (AvgIpc) is 2.82. The molecule has 178 valence electrons. The number of benzene rings is 2. The van der Waals surface area contributed by atoms with E-state index in [9.17, 15) is 4.79 Å². The summed E-state index contributed by atoms with van der Waals surface area (Å²) in [6.07, 6.45) is 13.7. The molecule has 0 aliphatic rings. The summed E-state index contributed by atoms with van der Waals surface area (Å²) >= 11 is 5.26. The van der Waals surface area contributed by atoms with Crippen LogP contribution in [-0.4, -0.2) is 24.0 Å². The largest absolute Gasteiger partial charge is 0.449 e. The number of unbranched alkanes of at least 4 members (excludes halogenated alkanes) is 9. The first kappa shape index (κ1) is 26.5. The maximum absolute atomic E-state index is 12.0. The number of nitrogens with one attached hydrogen (secondary N) is 2. The number of alkyl carbamates (subject to hydrolysis) is 1. The lowest BCUT2D eigenvalue weighted by Gasteiger charge is -2.11. The first-order chi connectivity index (χ1) is 16.2. The van der Waals surface area contributed by atoms with Gasteiger partial charge < -0.3 is 10.1 Å². The van der Waals surface area contributed by atoms with Gasteiger partial charge >= 0.3 is 6.09 Å². The van der Waals surface area contributed by atoms with E-state index < -0.39 is 6.09 Å². The van der Waals surface area contributed by atoms with Crippen LogP contribution in [0.25, 0.3) is 0 Å². The molecule has 0 radical (unpaired) electrons. The fraction of sp³-hybridized carbons (Fsp3) is 0.444. The minimum absolute atomic E-state index is 0.186. The maximum Gasteiger partial charge on any atom is 0.413 e. The molecule has 1 amide bonds. The summed E-state index contributed by atoms with van der Waals surface area (Å²) in [6, 6.07) is 17.4. The van der Waals surface area contributed by atoms with Crippen molar-refractivity contribution in [2.24, 2.45) is 4.99 Å². The average molecular weight is 468 g/mol. The quantitative estimate of drug-likeness (QED) is 0.169. The van der Waals surface area contributed by atoms with Crippen molar-refractivity contribution in [1.29, 1.82) is 0 Å². The number of anilines is 1. The lowest BCUT2D eigenvalue weighted by molar-refractivity contribution is 0.149. The zero-order chi connectivity index (χ0) is 23.6. The number of carbonyl (C=O) groups excluding carboxylic acids is 1. The Morgan fingerprint density at radius 2 is 1.48 bits per heavy atom. The third-order valence-corrected chi connectivity index (χ3v) is 5.46. The van der Waals surface area contributed by atoms with Crippen molar-refractivity contribution in [3.05, 3.63) is 60.2 Å². The molecule has 0 aliphatic heterocycles. The van der Waals surface area contributed by atoms with Crippen LogP contribution in [0.1, 0.15) is 76.7 Å². The molecule has 0 aromatic heterocycles. The van der Waals surface area contributed by atoms with E-state index in [0.717, 1.165) is 24.1 Å². The second-order valence-corrected chi connectivity index (χ2v) is 8.49. The van der Waals surface area contributed by atoms with Crippen molar-refractivity contribution >= 4 is 41.0 Å². The zero-order valence-corrected chi connectivity index (χ0v) is 20.5. The lowest BCUT2D eigenvalue weighted by atomic mass is 10.1. The van der Waals surface area contributed by atoms with Crippen LogP contribution in [0, 0.1) is 0 Å². The Labute approximate surface area is 204 Å². The predicted octanol–water partition coefficient (Wildman–Crippen LogP) is 7.78. The third kappa shape index (κ3) is 12.2. The normalized spacial score (nSPS) is 10.8. The molecule has 0 aliphatic carbocycles. The number of ether oxygens (including phenoxy) is 1. The van der Waals surface area contributed by atoms with Gasteiger partial charge in [-0.05, 0) is 36.3 Å². The van der Waals surface area contributed by atoms with Gasteiger partial charge in [0.25, 0.3) is 0 Å². The Bertz CT molecular complexity index is 855. The van der Waals surface area contributed by atoms with Crippen molar-refractivity contribution in [3.8, 4) is 0 Å². The van der Waals surface area contributed by atoms with Crippen LogP contribution in [0.15, 0.2) is 59.6 Å². The van der Waals surface area contributed by atoms with E-state index in [1.54, 1.807) is 6.21 Å². The number of aliphatic imine (C=N–C) groups is 1. The highest BCUT2D eigenvalue weighted by molar-refractivity contribution is 7.80. The summed E-state index contributed by atoms with van der Waals surface area (Å²) in [5.74, 6) is 0. The number of carbonyl (C=O) groups is 1.